The number of rotatable bonds is 8. The quantitative estimate of drug-likeness (QED) is 0.353. The molecule has 35 heavy (non-hydrogen) atoms. The van der Waals surface area contributed by atoms with Crippen molar-refractivity contribution in [1.29, 1.82) is 0 Å². The molecule has 4 rings (SSSR count). The Kier molecular flexibility index (Phi) is 7.73. The lowest BCUT2D eigenvalue weighted by Crippen LogP contribution is -2.39. The van der Waals surface area contributed by atoms with Crippen molar-refractivity contribution in [2.24, 2.45) is 0 Å². The number of benzene rings is 2. The van der Waals surface area contributed by atoms with Crippen LogP contribution in [0.1, 0.15) is 29.2 Å². The maximum absolute atomic E-state index is 13.3. The van der Waals surface area contributed by atoms with Gasteiger partial charge in [0.05, 0.1) is 39.0 Å². The Morgan fingerprint density at radius 2 is 1.74 bits per heavy atom. The van der Waals surface area contributed by atoms with E-state index in [1.807, 2.05) is 25.1 Å². The van der Waals surface area contributed by atoms with Crippen molar-refractivity contribution in [1.82, 2.24) is 9.80 Å². The molecule has 186 valence electrons. The molecule has 8 heteroatoms. The molecular formula is C27H32N2O6. The summed E-state index contributed by atoms with van der Waals surface area (Å²) in [7, 11) is 3.13. The Hall–Kier alpha value is -3.36. The largest absolute Gasteiger partial charge is 0.507 e. The third kappa shape index (κ3) is 5.04. The fraction of sp³-hybridized carbons (Fsp3) is 0.407. The van der Waals surface area contributed by atoms with E-state index in [9.17, 15) is 14.7 Å². The molecule has 2 aliphatic heterocycles. The topological polar surface area (TPSA) is 88.5 Å². The first-order chi connectivity index (χ1) is 17.0. The number of aliphatic hydroxyl groups excluding tert-OH is 1. The van der Waals surface area contributed by atoms with Crippen LogP contribution in [0.5, 0.6) is 11.5 Å². The molecular weight excluding hydrogens is 448 g/mol. The highest BCUT2D eigenvalue weighted by atomic mass is 16.5. The van der Waals surface area contributed by atoms with Gasteiger partial charge in [-0.25, -0.2) is 0 Å². The molecule has 1 N–H and O–H groups in total. The lowest BCUT2D eigenvalue weighted by molar-refractivity contribution is -0.140. The number of amides is 1. The number of nitrogens with zero attached hydrogens (tertiary/aromatic N) is 2. The number of methoxy groups -OCH3 is 2. The van der Waals surface area contributed by atoms with Gasteiger partial charge >= 0.3 is 0 Å². The van der Waals surface area contributed by atoms with E-state index in [1.165, 1.54) is 0 Å². The van der Waals surface area contributed by atoms with Gasteiger partial charge in [0.25, 0.3) is 11.7 Å². The Morgan fingerprint density at radius 3 is 2.43 bits per heavy atom. The van der Waals surface area contributed by atoms with Crippen molar-refractivity contribution in [3.8, 4) is 11.5 Å². The van der Waals surface area contributed by atoms with Gasteiger partial charge in [-0.2, -0.15) is 0 Å². The standard InChI is InChI=1S/C27H32N2O6/c1-18-17-19(9-10-21(18)33-2)25(30)23-24(20-7-4-5-8-22(20)34-3)29(27(32)26(23)31)12-6-11-28-13-15-35-16-14-28/h4-5,7-10,17,24,30H,6,11-16H2,1-3H3. The lowest BCUT2D eigenvalue weighted by atomic mass is 9.94. The summed E-state index contributed by atoms with van der Waals surface area (Å²) < 4.78 is 16.3. The van der Waals surface area contributed by atoms with E-state index >= 15 is 0 Å². The Bertz CT molecular complexity index is 1120. The first-order valence-corrected chi connectivity index (χ1v) is 11.8. The molecule has 1 atom stereocenters. The first kappa shape index (κ1) is 24.8. The average molecular weight is 481 g/mol. The number of aryl methyl sites for hydroxylation is 1. The van der Waals surface area contributed by atoms with Gasteiger partial charge in [0.1, 0.15) is 17.3 Å². The molecule has 0 aromatic heterocycles. The smallest absolute Gasteiger partial charge is 0.295 e. The molecule has 8 nitrogen and oxygen atoms in total. The van der Waals surface area contributed by atoms with E-state index in [0.717, 1.165) is 25.2 Å². The predicted molar refractivity (Wildman–Crippen MR) is 132 cm³/mol. The molecule has 2 fully saturated rings. The maximum Gasteiger partial charge on any atom is 0.295 e. The monoisotopic (exact) mass is 480 g/mol. The highest BCUT2D eigenvalue weighted by Gasteiger charge is 2.46. The van der Waals surface area contributed by atoms with Crippen molar-refractivity contribution < 1.29 is 28.9 Å². The maximum atomic E-state index is 13.3. The van der Waals surface area contributed by atoms with Crippen molar-refractivity contribution >= 4 is 17.4 Å². The summed E-state index contributed by atoms with van der Waals surface area (Å²) in [4.78, 5) is 30.4. The number of ketones is 1. The molecule has 1 unspecified atom stereocenters. The van der Waals surface area contributed by atoms with Crippen LogP contribution in [0.15, 0.2) is 48.0 Å². The molecule has 0 spiro atoms. The van der Waals surface area contributed by atoms with E-state index in [2.05, 4.69) is 4.90 Å². The Morgan fingerprint density at radius 1 is 1.03 bits per heavy atom. The number of ether oxygens (including phenoxy) is 3. The van der Waals surface area contributed by atoms with Crippen LogP contribution in [0, 0.1) is 6.92 Å². The zero-order valence-corrected chi connectivity index (χ0v) is 20.5. The molecule has 1 amide bonds. The minimum atomic E-state index is -0.752. The normalized spacial score (nSPS) is 20.3. The van der Waals surface area contributed by atoms with Crippen LogP contribution < -0.4 is 9.47 Å². The lowest BCUT2D eigenvalue weighted by Gasteiger charge is -2.29. The summed E-state index contributed by atoms with van der Waals surface area (Å²) in [6.07, 6.45) is 0.695. The average Bonchev–Trinajstić information content (AvgIpc) is 3.13. The second kappa shape index (κ2) is 10.9. The van der Waals surface area contributed by atoms with Gasteiger partial charge in [0.15, 0.2) is 0 Å². The predicted octanol–water partition coefficient (Wildman–Crippen LogP) is 3.16. The third-order valence-corrected chi connectivity index (χ3v) is 6.62. The van der Waals surface area contributed by atoms with E-state index in [1.54, 1.807) is 43.4 Å². The van der Waals surface area contributed by atoms with E-state index in [4.69, 9.17) is 14.2 Å². The van der Waals surface area contributed by atoms with Crippen LogP contribution in [0.2, 0.25) is 0 Å². The van der Waals surface area contributed by atoms with Crippen molar-refractivity contribution in [2.45, 2.75) is 19.4 Å². The van der Waals surface area contributed by atoms with E-state index < -0.39 is 17.7 Å². The van der Waals surface area contributed by atoms with Gasteiger partial charge in [-0.3, -0.25) is 14.5 Å². The number of hydrogen-bond donors (Lipinski definition) is 1. The van der Waals surface area contributed by atoms with Crippen LogP contribution in [0.4, 0.5) is 0 Å². The van der Waals surface area contributed by atoms with E-state index in [0.29, 0.717) is 48.8 Å². The van der Waals surface area contributed by atoms with Gasteiger partial charge in [-0.1, -0.05) is 18.2 Å². The highest BCUT2D eigenvalue weighted by Crippen LogP contribution is 2.43. The molecule has 0 radical (unpaired) electrons. The van der Waals surface area contributed by atoms with Gasteiger partial charge < -0.3 is 24.2 Å². The SMILES string of the molecule is COc1ccc(C(O)=C2C(=O)C(=O)N(CCCN3CCOCC3)C2c2ccccc2OC)cc1C. The van der Waals surface area contributed by atoms with Crippen LogP contribution in [-0.2, 0) is 14.3 Å². The zero-order chi connectivity index (χ0) is 24.9. The molecule has 0 saturated carbocycles. The number of morpholine rings is 1. The van der Waals surface area contributed by atoms with Crippen LogP contribution >= 0.6 is 0 Å². The van der Waals surface area contributed by atoms with Gasteiger partial charge in [0, 0.05) is 37.3 Å². The minimum Gasteiger partial charge on any atom is -0.507 e. The fourth-order valence-electron chi connectivity index (χ4n) is 4.80. The molecule has 0 aliphatic carbocycles. The first-order valence-electron chi connectivity index (χ1n) is 11.8. The second-order valence-electron chi connectivity index (χ2n) is 8.73. The van der Waals surface area contributed by atoms with Crippen LogP contribution in [0.3, 0.4) is 0 Å². The number of hydrogen-bond acceptors (Lipinski definition) is 7. The number of carbonyl (C=O) groups excluding carboxylic acids is 2. The summed E-state index contributed by atoms with van der Waals surface area (Å²) in [5, 5.41) is 11.3. The van der Waals surface area contributed by atoms with Gasteiger partial charge in [-0.15, -0.1) is 0 Å². The number of carbonyl (C=O) groups is 2. The van der Waals surface area contributed by atoms with Crippen LogP contribution in [0.25, 0.3) is 5.76 Å². The molecule has 2 aliphatic rings. The van der Waals surface area contributed by atoms with E-state index in [-0.39, 0.29) is 11.3 Å². The highest BCUT2D eigenvalue weighted by molar-refractivity contribution is 6.46. The van der Waals surface area contributed by atoms with Crippen LogP contribution in [-0.4, -0.2) is 80.2 Å². The molecule has 2 aromatic carbocycles. The number of para-hydroxylation sites is 1. The molecule has 2 heterocycles. The summed E-state index contributed by atoms with van der Waals surface area (Å²) in [5.41, 5.74) is 1.99. The Labute approximate surface area is 205 Å². The zero-order valence-electron chi connectivity index (χ0n) is 20.5. The van der Waals surface area contributed by atoms with Gasteiger partial charge in [-0.05, 0) is 43.2 Å². The summed E-state index contributed by atoms with van der Waals surface area (Å²) in [6.45, 7) is 6.14. The van der Waals surface area contributed by atoms with Crippen molar-refractivity contribution in [3.63, 3.8) is 0 Å². The number of likely N-dealkylation sites (tertiary alicyclic amines) is 1. The summed E-state index contributed by atoms with van der Waals surface area (Å²) in [5.74, 6) is -0.297. The molecule has 0 bridgehead atoms. The van der Waals surface area contributed by atoms with Crippen molar-refractivity contribution in [2.75, 3.05) is 53.6 Å². The second-order valence-corrected chi connectivity index (χ2v) is 8.73. The fourth-order valence-corrected chi connectivity index (χ4v) is 4.80. The number of Topliss-reactive ketones (excluding diaryl/α,β-unsaturated/α-hetero) is 1. The molecule has 2 saturated heterocycles. The number of aliphatic hydroxyl groups is 1. The Balaban J connectivity index is 1.72. The summed E-state index contributed by atoms with van der Waals surface area (Å²) >= 11 is 0. The third-order valence-electron chi connectivity index (χ3n) is 6.62. The molecule has 2 aromatic rings. The van der Waals surface area contributed by atoms with Gasteiger partial charge in [0.2, 0.25) is 0 Å². The van der Waals surface area contributed by atoms with Crippen molar-refractivity contribution in [3.05, 3.63) is 64.7 Å². The summed E-state index contributed by atoms with van der Waals surface area (Å²) in [6, 6.07) is 11.7. The minimum absolute atomic E-state index is 0.0652.